The van der Waals surface area contributed by atoms with Gasteiger partial charge in [0.25, 0.3) is 0 Å². The van der Waals surface area contributed by atoms with Gasteiger partial charge in [-0.05, 0) is 64.9 Å². The zero-order valence-corrected chi connectivity index (χ0v) is 15.6. The molecule has 0 saturated carbocycles. The first-order valence-electron chi connectivity index (χ1n) is 8.52. The van der Waals surface area contributed by atoms with Gasteiger partial charge in [0.2, 0.25) is 0 Å². The van der Waals surface area contributed by atoms with Gasteiger partial charge in [0.05, 0.1) is 0 Å². The molecule has 0 bridgehead atoms. The van der Waals surface area contributed by atoms with Crippen LogP contribution in [-0.2, 0) is 12.8 Å². The minimum absolute atomic E-state index is 0.242. The molecule has 2 nitrogen and oxygen atoms in total. The maximum absolute atomic E-state index is 3.83. The normalized spacial score (nSPS) is 13.9. The second kappa shape index (κ2) is 8.92. The van der Waals surface area contributed by atoms with E-state index in [-0.39, 0.29) is 5.54 Å². The summed E-state index contributed by atoms with van der Waals surface area (Å²) < 4.78 is 0. The van der Waals surface area contributed by atoms with E-state index in [0.717, 1.165) is 19.4 Å². The van der Waals surface area contributed by atoms with Crippen molar-refractivity contribution in [3.8, 4) is 0 Å². The largest absolute Gasteiger partial charge is 0.312 e. The number of aryl methyl sites for hydroxylation is 1. The van der Waals surface area contributed by atoms with E-state index in [1.54, 1.807) is 0 Å². The van der Waals surface area contributed by atoms with Gasteiger partial charge in [0, 0.05) is 21.3 Å². The summed E-state index contributed by atoms with van der Waals surface area (Å²) in [4.78, 5) is 5.46. The van der Waals surface area contributed by atoms with Crippen LogP contribution in [0.4, 0.5) is 0 Å². The van der Waals surface area contributed by atoms with E-state index in [0.29, 0.717) is 6.04 Å². The first kappa shape index (κ1) is 18.7. The number of thiophene rings is 1. The molecule has 0 aliphatic rings. The first-order chi connectivity index (χ1) is 10.0. The van der Waals surface area contributed by atoms with Crippen molar-refractivity contribution in [3.05, 3.63) is 21.9 Å². The lowest BCUT2D eigenvalue weighted by atomic mass is 9.81. The topological polar surface area (TPSA) is 15.3 Å². The van der Waals surface area contributed by atoms with E-state index in [4.69, 9.17) is 0 Å². The number of nitrogens with one attached hydrogen (secondary N) is 1. The summed E-state index contributed by atoms with van der Waals surface area (Å²) in [5.41, 5.74) is 0.242. The molecule has 1 aromatic rings. The Balaban J connectivity index is 2.96. The van der Waals surface area contributed by atoms with Crippen LogP contribution in [0, 0.1) is 0 Å². The van der Waals surface area contributed by atoms with E-state index in [1.165, 1.54) is 29.0 Å². The molecule has 122 valence electrons. The Morgan fingerprint density at radius 1 is 1.10 bits per heavy atom. The molecule has 0 spiro atoms. The molecule has 1 aromatic heterocycles. The molecular weight excluding hydrogens is 276 g/mol. The van der Waals surface area contributed by atoms with Crippen LogP contribution in [0.15, 0.2) is 12.1 Å². The van der Waals surface area contributed by atoms with Gasteiger partial charge in [-0.25, -0.2) is 0 Å². The van der Waals surface area contributed by atoms with Gasteiger partial charge >= 0.3 is 0 Å². The number of rotatable bonds is 10. The van der Waals surface area contributed by atoms with Gasteiger partial charge in [-0.1, -0.05) is 27.7 Å². The fourth-order valence-electron chi connectivity index (χ4n) is 3.38. The molecule has 1 heterocycles. The van der Waals surface area contributed by atoms with Crippen LogP contribution in [-0.4, -0.2) is 37.1 Å². The van der Waals surface area contributed by atoms with Crippen molar-refractivity contribution < 1.29 is 0 Å². The van der Waals surface area contributed by atoms with Crippen LogP contribution < -0.4 is 5.32 Å². The minimum atomic E-state index is 0.242. The molecule has 1 unspecified atom stereocenters. The molecule has 0 fully saturated rings. The number of nitrogens with zero attached hydrogens (tertiary/aromatic N) is 1. The molecule has 1 atom stereocenters. The van der Waals surface area contributed by atoms with E-state index in [1.807, 2.05) is 11.3 Å². The van der Waals surface area contributed by atoms with Crippen molar-refractivity contribution in [2.75, 3.05) is 20.6 Å². The predicted molar refractivity (Wildman–Crippen MR) is 96.5 cm³/mol. The van der Waals surface area contributed by atoms with Gasteiger partial charge in [0.15, 0.2) is 0 Å². The summed E-state index contributed by atoms with van der Waals surface area (Å²) in [5, 5.41) is 3.83. The fraction of sp³-hybridized carbons (Fsp3) is 0.778. The van der Waals surface area contributed by atoms with Crippen molar-refractivity contribution in [1.82, 2.24) is 10.2 Å². The Morgan fingerprint density at radius 2 is 1.71 bits per heavy atom. The average molecular weight is 311 g/mol. The maximum atomic E-state index is 3.83. The zero-order valence-electron chi connectivity index (χ0n) is 14.8. The quantitative estimate of drug-likeness (QED) is 0.691. The second-order valence-corrected chi connectivity index (χ2v) is 7.39. The molecule has 0 aliphatic heterocycles. The van der Waals surface area contributed by atoms with Crippen LogP contribution >= 0.6 is 11.3 Å². The summed E-state index contributed by atoms with van der Waals surface area (Å²) in [5.74, 6) is 0. The lowest BCUT2D eigenvalue weighted by Crippen LogP contribution is -2.59. The Labute approximate surface area is 135 Å². The summed E-state index contributed by atoms with van der Waals surface area (Å²) in [6.07, 6.45) is 5.86. The maximum Gasteiger partial charge on any atom is 0.0354 e. The monoisotopic (exact) mass is 310 g/mol. The molecule has 0 saturated heterocycles. The SMILES string of the molecule is CCCNC(Cc1ccc(CC)s1)C(CC)(CC)N(C)C. The summed E-state index contributed by atoms with van der Waals surface area (Å²) in [6.45, 7) is 10.3. The molecule has 1 N–H and O–H groups in total. The molecule has 0 radical (unpaired) electrons. The summed E-state index contributed by atoms with van der Waals surface area (Å²) in [6, 6.07) is 5.15. The lowest BCUT2D eigenvalue weighted by Gasteiger charge is -2.45. The molecule has 3 heteroatoms. The summed E-state index contributed by atoms with van der Waals surface area (Å²) >= 11 is 1.98. The molecule has 0 aromatic carbocycles. The van der Waals surface area contributed by atoms with Gasteiger partial charge in [-0.15, -0.1) is 11.3 Å². The van der Waals surface area contributed by atoms with Crippen molar-refractivity contribution in [2.24, 2.45) is 0 Å². The van der Waals surface area contributed by atoms with E-state index >= 15 is 0 Å². The Morgan fingerprint density at radius 3 is 2.14 bits per heavy atom. The Hall–Kier alpha value is -0.380. The lowest BCUT2D eigenvalue weighted by molar-refractivity contribution is 0.0885. The highest BCUT2D eigenvalue weighted by Crippen LogP contribution is 2.30. The van der Waals surface area contributed by atoms with Crippen molar-refractivity contribution >= 4 is 11.3 Å². The van der Waals surface area contributed by atoms with E-state index in [9.17, 15) is 0 Å². The van der Waals surface area contributed by atoms with Crippen molar-refractivity contribution in [1.29, 1.82) is 0 Å². The van der Waals surface area contributed by atoms with Gasteiger partial charge in [0.1, 0.15) is 0 Å². The van der Waals surface area contributed by atoms with Crippen LogP contribution in [0.5, 0.6) is 0 Å². The van der Waals surface area contributed by atoms with E-state index < -0.39 is 0 Å². The first-order valence-corrected chi connectivity index (χ1v) is 9.34. The zero-order chi connectivity index (χ0) is 15.9. The molecular formula is C18H34N2S. The highest BCUT2D eigenvalue weighted by atomic mass is 32.1. The Kier molecular flexibility index (Phi) is 7.93. The van der Waals surface area contributed by atoms with Crippen LogP contribution in [0.3, 0.4) is 0 Å². The smallest absolute Gasteiger partial charge is 0.0354 e. The standard InChI is InChI=1S/C18H34N2S/c1-7-13-19-17(18(9-3,10-4)20(5)6)14-16-12-11-15(8-2)21-16/h11-12,17,19H,7-10,13-14H2,1-6H3. The molecule has 21 heavy (non-hydrogen) atoms. The second-order valence-electron chi connectivity index (χ2n) is 6.14. The van der Waals surface area contributed by atoms with Crippen molar-refractivity contribution in [3.63, 3.8) is 0 Å². The Bertz CT molecular complexity index is 394. The molecule has 0 aliphatic carbocycles. The molecule has 0 amide bonds. The van der Waals surface area contributed by atoms with Crippen LogP contribution in [0.1, 0.15) is 56.7 Å². The fourth-order valence-corrected chi connectivity index (χ4v) is 4.38. The van der Waals surface area contributed by atoms with Crippen LogP contribution in [0.25, 0.3) is 0 Å². The molecule has 1 rings (SSSR count). The van der Waals surface area contributed by atoms with Gasteiger partial charge in [-0.3, -0.25) is 0 Å². The highest BCUT2D eigenvalue weighted by Gasteiger charge is 2.37. The third kappa shape index (κ3) is 4.54. The number of hydrogen-bond acceptors (Lipinski definition) is 3. The van der Waals surface area contributed by atoms with Gasteiger partial charge in [-0.2, -0.15) is 0 Å². The number of likely N-dealkylation sites (N-methyl/N-ethyl adjacent to an activating group) is 1. The number of hydrogen-bond donors (Lipinski definition) is 1. The van der Waals surface area contributed by atoms with Gasteiger partial charge < -0.3 is 10.2 Å². The average Bonchev–Trinajstić information content (AvgIpc) is 2.93. The third-order valence-corrected chi connectivity index (χ3v) is 6.13. The van der Waals surface area contributed by atoms with Crippen molar-refractivity contribution in [2.45, 2.75) is 71.4 Å². The summed E-state index contributed by atoms with van der Waals surface area (Å²) in [7, 11) is 4.47. The van der Waals surface area contributed by atoms with Crippen LogP contribution in [0.2, 0.25) is 0 Å². The predicted octanol–water partition coefficient (Wildman–Crippen LogP) is 4.34. The minimum Gasteiger partial charge on any atom is -0.312 e. The third-order valence-electron chi connectivity index (χ3n) is 4.88. The highest BCUT2D eigenvalue weighted by molar-refractivity contribution is 7.11. The van der Waals surface area contributed by atoms with E-state index in [2.05, 4.69) is 64.1 Å².